The molecule has 18 heavy (non-hydrogen) atoms. The van der Waals surface area contributed by atoms with E-state index in [4.69, 9.17) is 0 Å². The molecular formula is C14H24N4. The zero-order chi connectivity index (χ0) is 13.1. The second-order valence-electron chi connectivity index (χ2n) is 5.43. The minimum absolute atomic E-state index is 0.820. The number of aromatic nitrogens is 2. The number of hydrogen-bond acceptors (Lipinski definition) is 4. The van der Waals surface area contributed by atoms with Gasteiger partial charge in [0.05, 0.1) is 5.69 Å². The van der Waals surface area contributed by atoms with Crippen molar-refractivity contribution in [1.82, 2.24) is 15.3 Å². The second-order valence-corrected chi connectivity index (χ2v) is 5.43. The smallest absolute Gasteiger partial charge is 0.225 e. The Bertz CT molecular complexity index is 405. The minimum Gasteiger partial charge on any atom is -0.344 e. The molecule has 2 atom stereocenters. The van der Waals surface area contributed by atoms with Gasteiger partial charge in [-0.1, -0.05) is 13.8 Å². The van der Waals surface area contributed by atoms with Crippen LogP contribution in [-0.4, -0.2) is 30.1 Å². The van der Waals surface area contributed by atoms with Crippen LogP contribution in [0.2, 0.25) is 0 Å². The fraction of sp³-hybridized carbons (Fsp3) is 0.714. The van der Waals surface area contributed by atoms with Gasteiger partial charge >= 0.3 is 0 Å². The van der Waals surface area contributed by atoms with E-state index in [2.05, 4.69) is 47.1 Å². The van der Waals surface area contributed by atoms with Crippen LogP contribution >= 0.6 is 0 Å². The Morgan fingerprint density at radius 1 is 1.44 bits per heavy atom. The van der Waals surface area contributed by atoms with Crippen molar-refractivity contribution >= 4 is 5.95 Å². The van der Waals surface area contributed by atoms with E-state index >= 15 is 0 Å². The quantitative estimate of drug-likeness (QED) is 0.836. The molecule has 1 aromatic heterocycles. The molecule has 0 bridgehead atoms. The molecule has 0 radical (unpaired) electrons. The topological polar surface area (TPSA) is 41.1 Å². The van der Waals surface area contributed by atoms with Gasteiger partial charge in [0.2, 0.25) is 5.95 Å². The van der Waals surface area contributed by atoms with E-state index in [0.717, 1.165) is 48.8 Å². The maximum Gasteiger partial charge on any atom is 0.225 e. The molecule has 1 heterocycles. The van der Waals surface area contributed by atoms with Gasteiger partial charge in [-0.05, 0) is 37.8 Å². The Morgan fingerprint density at radius 2 is 2.17 bits per heavy atom. The maximum absolute atomic E-state index is 4.63. The third-order valence-corrected chi connectivity index (χ3v) is 3.58. The molecule has 100 valence electrons. The Balaban J connectivity index is 2.03. The Hall–Kier alpha value is -1.16. The largest absolute Gasteiger partial charge is 0.344 e. The molecule has 1 fully saturated rings. The highest BCUT2D eigenvalue weighted by molar-refractivity contribution is 5.31. The summed E-state index contributed by atoms with van der Waals surface area (Å²) in [5, 5.41) is 3.31. The molecule has 2 unspecified atom stereocenters. The van der Waals surface area contributed by atoms with Gasteiger partial charge in [0.1, 0.15) is 0 Å². The number of rotatable bonds is 6. The van der Waals surface area contributed by atoms with Crippen LogP contribution in [0.3, 0.4) is 0 Å². The summed E-state index contributed by atoms with van der Waals surface area (Å²) in [6.45, 7) is 9.32. The average molecular weight is 248 g/mol. The summed E-state index contributed by atoms with van der Waals surface area (Å²) in [6, 6.07) is 2.06. The van der Waals surface area contributed by atoms with Crippen molar-refractivity contribution in [1.29, 1.82) is 0 Å². The Labute approximate surface area is 110 Å². The van der Waals surface area contributed by atoms with Crippen LogP contribution in [0.25, 0.3) is 0 Å². The molecule has 4 nitrogen and oxygen atoms in total. The van der Waals surface area contributed by atoms with Crippen LogP contribution in [0.5, 0.6) is 0 Å². The monoisotopic (exact) mass is 248 g/mol. The summed E-state index contributed by atoms with van der Waals surface area (Å²) < 4.78 is 0. The highest BCUT2D eigenvalue weighted by Gasteiger charge is 2.33. The van der Waals surface area contributed by atoms with E-state index in [-0.39, 0.29) is 0 Å². The first-order valence-corrected chi connectivity index (χ1v) is 6.86. The van der Waals surface area contributed by atoms with Gasteiger partial charge < -0.3 is 10.2 Å². The summed E-state index contributed by atoms with van der Waals surface area (Å²) in [6.07, 6.45) is 1.35. The Morgan fingerprint density at radius 3 is 2.78 bits per heavy atom. The predicted octanol–water partition coefficient (Wildman–Crippen LogP) is 1.99. The highest BCUT2D eigenvalue weighted by atomic mass is 15.2. The van der Waals surface area contributed by atoms with Gasteiger partial charge in [0.15, 0.2) is 0 Å². The summed E-state index contributed by atoms with van der Waals surface area (Å²) >= 11 is 0. The third kappa shape index (κ3) is 3.42. The van der Waals surface area contributed by atoms with Gasteiger partial charge in [-0.15, -0.1) is 0 Å². The van der Waals surface area contributed by atoms with Crippen molar-refractivity contribution in [2.75, 3.05) is 25.0 Å². The van der Waals surface area contributed by atoms with Crippen molar-refractivity contribution in [2.45, 2.75) is 33.7 Å². The van der Waals surface area contributed by atoms with Crippen molar-refractivity contribution in [3.8, 4) is 0 Å². The molecule has 1 aromatic rings. The first-order valence-electron chi connectivity index (χ1n) is 6.86. The third-order valence-electron chi connectivity index (χ3n) is 3.58. The van der Waals surface area contributed by atoms with Crippen molar-refractivity contribution in [2.24, 2.45) is 11.8 Å². The van der Waals surface area contributed by atoms with Gasteiger partial charge in [0, 0.05) is 25.8 Å². The molecule has 0 aromatic carbocycles. The molecule has 1 aliphatic rings. The van der Waals surface area contributed by atoms with E-state index in [1.54, 1.807) is 0 Å². The van der Waals surface area contributed by atoms with Gasteiger partial charge in [-0.25, -0.2) is 9.97 Å². The number of hydrogen-bond donors (Lipinski definition) is 1. The average Bonchev–Trinajstić information content (AvgIpc) is 3.01. The van der Waals surface area contributed by atoms with E-state index in [1.807, 2.05) is 6.92 Å². The number of nitrogens with zero attached hydrogens (tertiary/aromatic N) is 3. The zero-order valence-corrected chi connectivity index (χ0v) is 11.9. The number of anilines is 1. The fourth-order valence-corrected chi connectivity index (χ4v) is 2.22. The van der Waals surface area contributed by atoms with Crippen LogP contribution in [0, 0.1) is 18.8 Å². The van der Waals surface area contributed by atoms with Gasteiger partial charge in [-0.3, -0.25) is 0 Å². The SMILES string of the molecule is CCNCc1cc(C)nc(N(C)CC2CC2C)n1. The first-order chi connectivity index (χ1) is 8.60. The first kappa shape index (κ1) is 13.3. The summed E-state index contributed by atoms with van der Waals surface area (Å²) in [7, 11) is 2.09. The lowest BCUT2D eigenvalue weighted by molar-refractivity contribution is 0.688. The van der Waals surface area contributed by atoms with Crippen LogP contribution in [0.15, 0.2) is 6.07 Å². The molecule has 2 rings (SSSR count). The van der Waals surface area contributed by atoms with Crippen molar-refractivity contribution in [3.63, 3.8) is 0 Å². The zero-order valence-electron chi connectivity index (χ0n) is 11.9. The van der Waals surface area contributed by atoms with E-state index in [9.17, 15) is 0 Å². The summed E-state index contributed by atoms with van der Waals surface area (Å²) in [4.78, 5) is 11.4. The molecule has 4 heteroatoms. The van der Waals surface area contributed by atoms with Crippen LogP contribution in [-0.2, 0) is 6.54 Å². The molecule has 0 spiro atoms. The molecule has 0 amide bonds. The summed E-state index contributed by atoms with van der Waals surface area (Å²) in [5.74, 6) is 2.57. The lowest BCUT2D eigenvalue weighted by Gasteiger charge is -2.18. The van der Waals surface area contributed by atoms with Crippen molar-refractivity contribution < 1.29 is 0 Å². The normalized spacial score (nSPS) is 22.0. The van der Waals surface area contributed by atoms with Gasteiger partial charge in [-0.2, -0.15) is 0 Å². The van der Waals surface area contributed by atoms with Crippen molar-refractivity contribution in [3.05, 3.63) is 17.5 Å². The van der Waals surface area contributed by atoms with Gasteiger partial charge in [0.25, 0.3) is 0 Å². The molecule has 1 N–H and O–H groups in total. The lowest BCUT2D eigenvalue weighted by Crippen LogP contribution is -2.24. The second kappa shape index (κ2) is 5.65. The van der Waals surface area contributed by atoms with E-state index < -0.39 is 0 Å². The highest BCUT2D eigenvalue weighted by Crippen LogP contribution is 2.38. The van der Waals surface area contributed by atoms with Crippen LogP contribution < -0.4 is 10.2 Å². The van der Waals surface area contributed by atoms with E-state index in [0.29, 0.717) is 0 Å². The van der Waals surface area contributed by atoms with Crippen LogP contribution in [0.4, 0.5) is 5.95 Å². The number of aryl methyl sites for hydroxylation is 1. The molecule has 1 aliphatic carbocycles. The van der Waals surface area contributed by atoms with E-state index in [1.165, 1.54) is 6.42 Å². The number of nitrogens with one attached hydrogen (secondary N) is 1. The Kier molecular flexibility index (Phi) is 4.17. The van der Waals surface area contributed by atoms with Crippen LogP contribution in [0.1, 0.15) is 31.7 Å². The molecular weight excluding hydrogens is 224 g/mol. The lowest BCUT2D eigenvalue weighted by atomic mass is 10.3. The molecule has 0 aliphatic heterocycles. The molecule has 1 saturated carbocycles. The fourth-order valence-electron chi connectivity index (χ4n) is 2.22. The molecule has 0 saturated heterocycles. The maximum atomic E-state index is 4.63. The minimum atomic E-state index is 0.820. The predicted molar refractivity (Wildman–Crippen MR) is 74.7 cm³/mol. The summed E-state index contributed by atoms with van der Waals surface area (Å²) in [5.41, 5.74) is 2.12. The standard InChI is InChI=1S/C14H24N4/c1-5-15-8-13-7-11(3)16-14(17-13)18(4)9-12-6-10(12)2/h7,10,12,15H,5-6,8-9H2,1-4H3.